The predicted molar refractivity (Wildman–Crippen MR) is 95.7 cm³/mol. The second-order valence-electron chi connectivity index (χ2n) is 6.42. The quantitative estimate of drug-likeness (QED) is 0.738. The Bertz CT molecular complexity index is 956. The molecule has 134 valence electrons. The van der Waals surface area contributed by atoms with Crippen LogP contribution in [0.25, 0.3) is 22.3 Å². The van der Waals surface area contributed by atoms with E-state index in [0.717, 1.165) is 22.5 Å². The minimum absolute atomic E-state index is 0.123. The molecular weight excluding hydrogens is 337 g/mol. The van der Waals surface area contributed by atoms with Gasteiger partial charge in [-0.05, 0) is 42.8 Å². The standard InChI is InChI=1S/C18H18FN5O2/c1-11-9-23(6-7-24(11)18(25)26)17-14-8-15(22-16(14)20-10-21-17)12-2-4-13(19)5-3-12/h2-5,8,10-11H,6-7,9H2,1H3,(H,25,26)(H,20,21,22)/t11-/m1/s1. The Morgan fingerprint density at radius 1 is 1.27 bits per heavy atom. The largest absolute Gasteiger partial charge is 0.465 e. The van der Waals surface area contributed by atoms with Gasteiger partial charge in [0.25, 0.3) is 0 Å². The topological polar surface area (TPSA) is 85.4 Å². The molecule has 0 unspecified atom stereocenters. The van der Waals surface area contributed by atoms with Crippen LogP contribution in [0.3, 0.4) is 0 Å². The van der Waals surface area contributed by atoms with Crippen molar-refractivity contribution >= 4 is 22.9 Å². The third-order valence-corrected chi connectivity index (χ3v) is 4.73. The highest BCUT2D eigenvalue weighted by atomic mass is 19.1. The van der Waals surface area contributed by atoms with E-state index in [1.54, 1.807) is 12.1 Å². The van der Waals surface area contributed by atoms with Crippen LogP contribution in [0.2, 0.25) is 0 Å². The number of H-pyrrole nitrogens is 1. The maximum absolute atomic E-state index is 13.2. The molecule has 2 aromatic heterocycles. The van der Waals surface area contributed by atoms with Crippen molar-refractivity contribution in [1.82, 2.24) is 19.9 Å². The highest BCUT2D eigenvalue weighted by molar-refractivity contribution is 5.92. The average Bonchev–Trinajstić information content (AvgIpc) is 3.06. The Morgan fingerprint density at radius 2 is 2.04 bits per heavy atom. The minimum atomic E-state index is -0.898. The number of hydrogen-bond donors (Lipinski definition) is 2. The summed E-state index contributed by atoms with van der Waals surface area (Å²) in [5, 5.41) is 10.1. The predicted octanol–water partition coefficient (Wildman–Crippen LogP) is 2.95. The van der Waals surface area contributed by atoms with Crippen molar-refractivity contribution in [2.24, 2.45) is 0 Å². The zero-order valence-corrected chi connectivity index (χ0v) is 14.2. The van der Waals surface area contributed by atoms with Crippen LogP contribution in [-0.4, -0.2) is 56.7 Å². The van der Waals surface area contributed by atoms with Crippen molar-refractivity contribution < 1.29 is 14.3 Å². The van der Waals surface area contributed by atoms with Crippen LogP contribution in [0.4, 0.5) is 15.0 Å². The van der Waals surface area contributed by atoms with Crippen molar-refractivity contribution in [1.29, 1.82) is 0 Å². The van der Waals surface area contributed by atoms with Crippen molar-refractivity contribution in [3.8, 4) is 11.3 Å². The normalized spacial score (nSPS) is 17.7. The summed E-state index contributed by atoms with van der Waals surface area (Å²) in [4.78, 5) is 26.7. The Labute approximate surface area is 149 Å². The molecule has 1 aliphatic rings. The molecule has 26 heavy (non-hydrogen) atoms. The number of aromatic amines is 1. The van der Waals surface area contributed by atoms with Gasteiger partial charge < -0.3 is 19.9 Å². The summed E-state index contributed by atoms with van der Waals surface area (Å²) < 4.78 is 13.2. The van der Waals surface area contributed by atoms with Crippen LogP contribution in [-0.2, 0) is 0 Å². The van der Waals surface area contributed by atoms with Crippen molar-refractivity contribution in [3.05, 3.63) is 42.5 Å². The van der Waals surface area contributed by atoms with Crippen LogP contribution in [0, 0.1) is 5.82 Å². The summed E-state index contributed by atoms with van der Waals surface area (Å²) in [5.41, 5.74) is 2.39. The Kier molecular flexibility index (Phi) is 3.95. The van der Waals surface area contributed by atoms with Crippen LogP contribution < -0.4 is 4.90 Å². The summed E-state index contributed by atoms with van der Waals surface area (Å²) in [7, 11) is 0. The highest BCUT2D eigenvalue weighted by Gasteiger charge is 2.28. The summed E-state index contributed by atoms with van der Waals surface area (Å²) in [6, 6.07) is 8.08. The first-order valence-corrected chi connectivity index (χ1v) is 8.37. The third-order valence-electron chi connectivity index (χ3n) is 4.73. The van der Waals surface area contributed by atoms with Crippen molar-refractivity contribution in [3.63, 3.8) is 0 Å². The lowest BCUT2D eigenvalue weighted by atomic mass is 10.1. The number of rotatable bonds is 2. The number of fused-ring (bicyclic) bond motifs is 1. The van der Waals surface area contributed by atoms with Gasteiger partial charge in [-0.15, -0.1) is 0 Å². The number of aromatic nitrogens is 3. The summed E-state index contributed by atoms with van der Waals surface area (Å²) in [6.07, 6.45) is 0.599. The van der Waals surface area contributed by atoms with Gasteiger partial charge in [-0.2, -0.15) is 0 Å². The average molecular weight is 355 g/mol. The first-order valence-electron chi connectivity index (χ1n) is 8.37. The van der Waals surface area contributed by atoms with Crippen molar-refractivity contribution in [2.75, 3.05) is 24.5 Å². The number of piperazine rings is 1. The van der Waals surface area contributed by atoms with Gasteiger partial charge in [0.15, 0.2) is 0 Å². The van der Waals surface area contributed by atoms with E-state index in [-0.39, 0.29) is 11.9 Å². The monoisotopic (exact) mass is 355 g/mol. The number of carboxylic acid groups (broad SMARTS) is 1. The van der Waals surface area contributed by atoms with Gasteiger partial charge >= 0.3 is 6.09 Å². The molecule has 1 fully saturated rings. The number of carbonyl (C=O) groups is 1. The van der Waals surface area contributed by atoms with E-state index >= 15 is 0 Å². The van der Waals surface area contributed by atoms with E-state index in [1.807, 2.05) is 13.0 Å². The number of amides is 1. The first-order chi connectivity index (χ1) is 12.5. The molecular formula is C18H18FN5O2. The maximum Gasteiger partial charge on any atom is 0.407 e. The SMILES string of the molecule is C[C@@H]1CN(c2ncnc3[nH]c(-c4ccc(F)cc4)cc23)CCN1C(=O)O. The zero-order chi connectivity index (χ0) is 18.3. The fourth-order valence-corrected chi connectivity index (χ4v) is 3.40. The molecule has 3 aromatic rings. The molecule has 7 nitrogen and oxygen atoms in total. The molecule has 2 N–H and O–H groups in total. The molecule has 0 spiro atoms. The van der Waals surface area contributed by atoms with E-state index in [0.29, 0.717) is 25.3 Å². The van der Waals surface area contributed by atoms with Gasteiger partial charge in [-0.1, -0.05) is 0 Å². The number of hydrogen-bond acceptors (Lipinski definition) is 4. The summed E-state index contributed by atoms with van der Waals surface area (Å²) in [5.74, 6) is 0.493. The summed E-state index contributed by atoms with van der Waals surface area (Å²) >= 11 is 0. The zero-order valence-electron chi connectivity index (χ0n) is 14.2. The molecule has 1 saturated heterocycles. The number of nitrogens with zero attached hydrogens (tertiary/aromatic N) is 4. The van der Waals surface area contributed by atoms with Crippen LogP contribution in [0.15, 0.2) is 36.7 Å². The van der Waals surface area contributed by atoms with E-state index in [1.165, 1.54) is 23.4 Å². The molecule has 4 rings (SSSR count). The minimum Gasteiger partial charge on any atom is -0.465 e. The van der Waals surface area contributed by atoms with E-state index in [4.69, 9.17) is 0 Å². The number of anilines is 1. The number of benzene rings is 1. The maximum atomic E-state index is 13.2. The van der Waals surface area contributed by atoms with Gasteiger partial charge in [0.2, 0.25) is 0 Å². The molecule has 0 radical (unpaired) electrons. The molecule has 1 aliphatic heterocycles. The third kappa shape index (κ3) is 2.83. The molecule has 3 heterocycles. The molecule has 1 atom stereocenters. The number of halogens is 1. The molecule has 1 aromatic carbocycles. The second kappa shape index (κ2) is 6.29. The van der Waals surface area contributed by atoms with Crippen LogP contribution >= 0.6 is 0 Å². The molecule has 8 heteroatoms. The fourth-order valence-electron chi connectivity index (χ4n) is 3.40. The van der Waals surface area contributed by atoms with Gasteiger partial charge in [-0.3, -0.25) is 0 Å². The van der Waals surface area contributed by atoms with Gasteiger partial charge in [0, 0.05) is 31.4 Å². The molecule has 0 saturated carbocycles. The smallest absolute Gasteiger partial charge is 0.407 e. The van der Waals surface area contributed by atoms with Crippen LogP contribution in [0.1, 0.15) is 6.92 Å². The van der Waals surface area contributed by atoms with Gasteiger partial charge in [-0.25, -0.2) is 19.2 Å². The molecule has 0 aliphatic carbocycles. The molecule has 1 amide bonds. The first kappa shape index (κ1) is 16.3. The van der Waals surface area contributed by atoms with E-state index in [2.05, 4.69) is 19.9 Å². The van der Waals surface area contributed by atoms with E-state index < -0.39 is 6.09 Å². The lowest BCUT2D eigenvalue weighted by Crippen LogP contribution is -2.54. The fraction of sp³-hybridized carbons (Fsp3) is 0.278. The number of nitrogens with one attached hydrogen (secondary N) is 1. The Balaban J connectivity index is 1.68. The second-order valence-corrected chi connectivity index (χ2v) is 6.42. The van der Waals surface area contributed by atoms with Gasteiger partial charge in [0.05, 0.1) is 5.39 Å². The summed E-state index contributed by atoms with van der Waals surface area (Å²) in [6.45, 7) is 3.45. The molecule has 0 bridgehead atoms. The highest BCUT2D eigenvalue weighted by Crippen LogP contribution is 2.29. The lowest BCUT2D eigenvalue weighted by molar-refractivity contribution is 0.122. The Morgan fingerprint density at radius 3 is 2.73 bits per heavy atom. The van der Waals surface area contributed by atoms with Crippen molar-refractivity contribution in [2.45, 2.75) is 13.0 Å². The van der Waals surface area contributed by atoms with E-state index in [9.17, 15) is 14.3 Å². The lowest BCUT2D eigenvalue weighted by Gasteiger charge is -2.38. The Hall–Kier alpha value is -3.16. The van der Waals surface area contributed by atoms with Gasteiger partial charge in [0.1, 0.15) is 23.6 Å². The van der Waals surface area contributed by atoms with Crippen LogP contribution in [0.5, 0.6) is 0 Å².